The van der Waals surface area contributed by atoms with Gasteiger partial charge in [-0.1, -0.05) is 32.9 Å². The molecule has 0 aromatic heterocycles. The molecule has 0 aromatic carbocycles. The maximum atomic E-state index is 10.3. The Balaban J connectivity index is 0.000000209. The van der Waals surface area contributed by atoms with E-state index in [-0.39, 0.29) is 17.6 Å². The fraction of sp³-hybridized carbons (Fsp3) is 0.586. The summed E-state index contributed by atoms with van der Waals surface area (Å²) in [5, 5.41) is 110. The van der Waals surface area contributed by atoms with E-state index in [1.165, 1.54) is 17.4 Å². The summed E-state index contributed by atoms with van der Waals surface area (Å²) in [6, 6.07) is 0. The van der Waals surface area contributed by atoms with Crippen molar-refractivity contribution in [2.75, 3.05) is 97.5 Å². The Labute approximate surface area is 645 Å². The number of aliphatic imine (C=N–C) groups is 5. The first-order chi connectivity index (χ1) is 49.3. The molecule has 0 aromatic rings. The van der Waals surface area contributed by atoms with E-state index < -0.39 is 157 Å². The number of hydrogen-bond acceptors (Lipinski definition) is 31. The lowest BCUT2D eigenvalue weighted by Crippen LogP contribution is -2.42. The summed E-state index contributed by atoms with van der Waals surface area (Å²) in [5.74, 6) is 3.06. The first kappa shape index (κ1) is 91.2. The summed E-state index contributed by atoms with van der Waals surface area (Å²) in [7, 11) is 0. The zero-order valence-corrected chi connectivity index (χ0v) is 70.3. The van der Waals surface area contributed by atoms with E-state index >= 15 is 0 Å². The number of halogens is 1. The molecule has 5 saturated heterocycles. The molecule has 5 unspecified atom stereocenters. The minimum atomic E-state index is -1.21. The SMILES string of the molecule is C=C1N=C(N)C(C)=CN1C1O[C@H](CCP(=C)(C)C)[C@@H](O)[C@H]1O.C=C1N=C(N)C(I)=CN1C1O[C@H](CCP(=C)(C)C)[C@@H](O)[C@H]1O.C=C1N=C(N)C=CN1C1O[C@H](CCP(=C)(C)C)[C@@H](O)[C@H]1O.C=C1N=C(N)C=NN1C1O[C@H](CCP(=C)(C)C)[C@@H](O)[C@H]1O.C=C1NC(N)=NC=C1C1O[C@H](CCP(=C)(C)C)[C@@H](O)[C@H]1O. The molecule has 10 rings (SSSR count). The zero-order valence-electron chi connectivity index (χ0n) is 63.6. The number of nitrogens with one attached hydrogen (secondary N) is 1. The van der Waals surface area contributed by atoms with E-state index in [0.29, 0.717) is 78.3 Å². The molecule has 37 heteroatoms. The predicted molar refractivity (Wildman–Crippen MR) is 456 cm³/mol. The summed E-state index contributed by atoms with van der Waals surface area (Å²) in [4.78, 5) is 25.1. The van der Waals surface area contributed by atoms with Crippen LogP contribution in [0.25, 0.3) is 0 Å². The van der Waals surface area contributed by atoms with Gasteiger partial charge in [0.25, 0.3) is 0 Å². The first-order valence-corrected chi connectivity index (χ1v) is 51.1. The second-order valence-electron chi connectivity index (χ2n) is 31.4. The topological polar surface area (TPSA) is 478 Å². The number of guanidine groups is 1. The highest BCUT2D eigenvalue weighted by Crippen LogP contribution is 2.44. The molecule has 107 heavy (non-hydrogen) atoms. The highest BCUT2D eigenvalue weighted by atomic mass is 127. The van der Waals surface area contributed by atoms with Crippen LogP contribution in [0.5, 0.6) is 0 Å². The van der Waals surface area contributed by atoms with Crippen LogP contribution in [-0.4, -0.2) is 358 Å². The van der Waals surface area contributed by atoms with E-state index in [4.69, 9.17) is 52.4 Å². The van der Waals surface area contributed by atoms with Crippen LogP contribution >= 0.6 is 57.0 Å². The lowest BCUT2D eigenvalue weighted by molar-refractivity contribution is -0.0749. The van der Waals surface area contributed by atoms with Crippen molar-refractivity contribution >= 4 is 124 Å². The highest BCUT2D eigenvalue weighted by molar-refractivity contribution is 14.1. The van der Waals surface area contributed by atoms with Crippen molar-refractivity contribution in [2.45, 2.75) is 162 Å². The van der Waals surface area contributed by atoms with Crippen LogP contribution in [0.15, 0.2) is 138 Å². The van der Waals surface area contributed by atoms with Gasteiger partial charge in [-0.2, -0.15) is 5.10 Å². The van der Waals surface area contributed by atoms with Gasteiger partial charge in [-0.05, 0) is 165 Å². The number of hydrazone groups is 1. The van der Waals surface area contributed by atoms with Crippen molar-refractivity contribution in [2.24, 2.45) is 58.7 Å². The van der Waals surface area contributed by atoms with Crippen LogP contribution < -0.4 is 34.0 Å². The van der Waals surface area contributed by atoms with E-state index in [9.17, 15) is 51.1 Å². The quantitative estimate of drug-likeness (QED) is 0.0603. The zero-order chi connectivity index (χ0) is 80.7. The Morgan fingerprint density at radius 1 is 0.449 bits per heavy atom. The third kappa shape index (κ3) is 25.9. The summed E-state index contributed by atoms with van der Waals surface area (Å²) >= 11 is 2.06. The smallest absolute Gasteiger partial charge is 0.197 e. The van der Waals surface area contributed by atoms with Gasteiger partial charge in [-0.3, -0.25) is 0 Å². The van der Waals surface area contributed by atoms with Crippen molar-refractivity contribution in [3.8, 4) is 0 Å². The normalized spacial score (nSPS) is 33.2. The second-order valence-corrected chi connectivity index (χ2v) is 54.1. The minimum absolute atomic E-state index is 0.240. The highest BCUT2D eigenvalue weighted by Gasteiger charge is 2.51. The Bertz CT molecular complexity index is 3660. The number of ether oxygens (including phenoxy) is 5. The van der Waals surface area contributed by atoms with Crippen molar-refractivity contribution in [1.29, 1.82) is 0 Å². The Morgan fingerprint density at radius 3 is 1.19 bits per heavy atom. The van der Waals surface area contributed by atoms with Crippen LogP contribution in [0, 0.1) is 0 Å². The Kier molecular flexibility index (Phi) is 32.2. The fourth-order valence-electron chi connectivity index (χ4n) is 12.0. The van der Waals surface area contributed by atoms with Crippen LogP contribution in [0.1, 0.15) is 39.0 Å². The molecule has 0 aliphatic carbocycles. The van der Waals surface area contributed by atoms with Gasteiger partial charge >= 0.3 is 0 Å². The molecule has 0 amide bonds. The summed E-state index contributed by atoms with van der Waals surface area (Å²) in [6.45, 7) is 36.2. The molecule has 0 saturated carbocycles. The number of hydrogen-bond donors (Lipinski definition) is 16. The summed E-state index contributed by atoms with van der Waals surface area (Å²) in [5.41, 5.74) is 30.1. The maximum Gasteiger partial charge on any atom is 0.197 e. The van der Waals surface area contributed by atoms with Gasteiger partial charge in [0.05, 0.1) is 40.3 Å². The van der Waals surface area contributed by atoms with Gasteiger partial charge < -0.3 is 123 Å². The average Bonchev–Trinajstić information content (AvgIpc) is 1.67. The van der Waals surface area contributed by atoms with Gasteiger partial charge in [0.2, 0.25) is 0 Å². The number of nitrogens with zero attached hydrogens (tertiary/aromatic N) is 10. The summed E-state index contributed by atoms with van der Waals surface area (Å²) in [6.07, 6.45) is 22.7. The molecule has 0 bridgehead atoms. The molecule has 10 heterocycles. The van der Waals surface area contributed by atoms with Crippen LogP contribution in [0.4, 0.5) is 0 Å². The molecule has 10 aliphatic rings. The average molecular weight is 1710 g/mol. The van der Waals surface area contributed by atoms with Gasteiger partial charge in [-0.25, -0.2) is 30.0 Å². The molecule has 5 fully saturated rings. The van der Waals surface area contributed by atoms with E-state index in [1.54, 1.807) is 39.4 Å². The Morgan fingerprint density at radius 2 is 0.794 bits per heavy atom. The van der Waals surface area contributed by atoms with Gasteiger partial charge in [-0.15, -0.1) is 65.9 Å². The molecular formula is C70H120IN16O15P5. The number of rotatable bonds is 20. The lowest BCUT2D eigenvalue weighted by atomic mass is 9.99. The van der Waals surface area contributed by atoms with Crippen molar-refractivity contribution in [3.63, 3.8) is 0 Å². The molecule has 21 N–H and O–H groups in total. The Hall–Kier alpha value is -4.69. The van der Waals surface area contributed by atoms with Crippen LogP contribution in [0.3, 0.4) is 0 Å². The van der Waals surface area contributed by atoms with E-state index in [1.807, 2.05) is 6.92 Å². The van der Waals surface area contributed by atoms with Gasteiger partial charge in [0, 0.05) is 41.6 Å². The molecule has 31 nitrogen and oxygen atoms in total. The fourth-order valence-corrected chi connectivity index (χ4v) is 17.2. The van der Waals surface area contributed by atoms with E-state index in [2.05, 4.69) is 189 Å². The molecule has 10 aliphatic heterocycles. The second kappa shape index (κ2) is 37.8. The molecule has 0 spiro atoms. The van der Waals surface area contributed by atoms with Crippen LogP contribution in [0.2, 0.25) is 0 Å². The monoisotopic (exact) mass is 1710 g/mol. The molecular weight excluding hydrogens is 1590 g/mol. The summed E-state index contributed by atoms with van der Waals surface area (Å²) < 4.78 is 29.9. The standard InChI is InChI=1S/C15H26N3O3P.C14H23IN3O3P.2C14H24N3O3P.C13H23N4O3P/c1-9-8-18(10(2)17-14(9)16)15-13(20)12(19)11(21-15)6-7-22(3,4)5;1-8-17-13(16)9(15)7-18(8)14-12(20)11(19)10(21-14)5-6-22(2,3)4;1-9-16-11(15)5-7-17(9)14-13(19)12(18)10(20-14)6-8-21(2,3)4;1-8-9(7-16-14(15)17-8)13-12(19)11(18)10(20-13)5-6-21(2,3)4;1-8-16-10(14)7-15-17(8)13-12(19)11(18)9(20-13)5-6-21(2,3)4/h8,11-13,15,19-20H,2-3,6-7H2,1,4-5H3,(H2,16,17);7,10-12,14,19-20H,1-2,5-6H2,3-4H3,(H2,16,17);5,7,10,12-14,18-19H,1-2,6,8H2,3-4H3,(H2,15,16);7,10-13,18-19H,1-2,5-6H2,3-4H3,(H3,15,16,17);7,9,11-13,18-19H,1-2,5-6H2,3-4H3,(H2,14,16)/t11-,12-,13-,15?;10-,11-,12-,14?;10-,12-,13-,14?;10-,11-,12-,13?;9-,11-,12-,13?/m11111/s1. The number of aliphatic hydroxyl groups is 10. The predicted octanol–water partition coefficient (Wildman–Crippen LogP) is 1.28. The first-order valence-electron chi connectivity index (χ1n) is 34.8. The number of nitrogens with two attached hydrogens (primary N) is 5. The minimum Gasteiger partial charge on any atom is -0.388 e. The largest absolute Gasteiger partial charge is 0.388 e. The van der Waals surface area contributed by atoms with Gasteiger partial charge in [0.15, 0.2) is 30.9 Å². The third-order valence-electron chi connectivity index (χ3n) is 18.3. The van der Waals surface area contributed by atoms with E-state index in [0.717, 1.165) is 40.0 Å². The lowest BCUT2D eigenvalue weighted by Gasteiger charge is -2.31. The van der Waals surface area contributed by atoms with Crippen LogP contribution in [-0.2, 0) is 23.7 Å². The van der Waals surface area contributed by atoms with Crippen molar-refractivity contribution in [1.82, 2.24) is 25.0 Å². The van der Waals surface area contributed by atoms with Crippen molar-refractivity contribution < 1.29 is 74.7 Å². The maximum absolute atomic E-state index is 10.3. The molecule has 0 radical (unpaired) electrons. The molecule has 602 valence electrons. The third-order valence-corrected chi connectivity index (χ3v) is 26.4. The number of aliphatic hydroxyl groups excluding tert-OH is 10. The molecule has 20 atom stereocenters. The number of amidine groups is 4. The van der Waals surface area contributed by atoms with Crippen molar-refractivity contribution in [3.05, 3.63) is 107 Å². The van der Waals surface area contributed by atoms with Gasteiger partial charge in [0.1, 0.15) is 114 Å².